The molecule has 0 radical (unpaired) electrons. The zero-order valence-corrected chi connectivity index (χ0v) is 18.3. The Kier molecular flexibility index (Phi) is 7.67. The van der Waals surface area contributed by atoms with E-state index in [2.05, 4.69) is 16.7 Å². The molecular weight excluding hydrogens is 390 g/mol. The van der Waals surface area contributed by atoms with Crippen LogP contribution < -0.4 is 4.72 Å². The Hall–Kier alpha value is -1.48. The van der Waals surface area contributed by atoms with Crippen molar-refractivity contribution in [3.05, 3.63) is 29.3 Å². The molecule has 1 aromatic carbocycles. The maximum Gasteiger partial charge on any atom is 0.240 e. The first-order valence-electron chi connectivity index (χ1n) is 10.5. The molecule has 0 spiro atoms. The normalized spacial score (nSPS) is 20.5. The first kappa shape index (κ1) is 22.2. The van der Waals surface area contributed by atoms with Gasteiger partial charge in [0.15, 0.2) is 0 Å². The van der Waals surface area contributed by atoms with Crippen LogP contribution in [0.3, 0.4) is 0 Å². The highest BCUT2D eigenvalue weighted by atomic mass is 32.2. The van der Waals surface area contributed by atoms with Gasteiger partial charge in [-0.3, -0.25) is 4.79 Å². The Morgan fingerprint density at radius 1 is 1.28 bits per heavy atom. The number of likely N-dealkylation sites (tertiary alicyclic amines) is 1. The van der Waals surface area contributed by atoms with E-state index < -0.39 is 10.0 Å². The van der Waals surface area contributed by atoms with E-state index >= 15 is 0 Å². The van der Waals surface area contributed by atoms with E-state index in [1.807, 2.05) is 17.9 Å². The summed E-state index contributed by atoms with van der Waals surface area (Å²) in [6, 6.07) is 5.27. The van der Waals surface area contributed by atoms with Gasteiger partial charge in [0.1, 0.15) is 0 Å². The van der Waals surface area contributed by atoms with Crippen LogP contribution in [0.2, 0.25) is 0 Å². The quantitative estimate of drug-likeness (QED) is 0.643. The molecular formula is C21H33N3O4S. The maximum absolute atomic E-state index is 12.8. The number of ether oxygens (including phenoxy) is 1. The second-order valence-corrected chi connectivity index (χ2v) is 9.83. The van der Waals surface area contributed by atoms with Crippen LogP contribution in [-0.4, -0.2) is 70.6 Å². The van der Waals surface area contributed by atoms with Gasteiger partial charge < -0.3 is 14.5 Å². The van der Waals surface area contributed by atoms with Gasteiger partial charge in [-0.25, -0.2) is 13.1 Å². The van der Waals surface area contributed by atoms with Crippen molar-refractivity contribution in [2.24, 2.45) is 5.92 Å². The molecule has 162 valence electrons. The Morgan fingerprint density at radius 2 is 2.10 bits per heavy atom. The zero-order valence-electron chi connectivity index (χ0n) is 17.5. The molecule has 2 aliphatic rings. The lowest BCUT2D eigenvalue weighted by Gasteiger charge is -2.30. The molecule has 0 saturated carbocycles. The number of carbonyl (C=O) groups excluding carboxylic acids is 1. The highest BCUT2D eigenvalue weighted by Crippen LogP contribution is 2.23. The summed E-state index contributed by atoms with van der Waals surface area (Å²) in [4.78, 5) is 16.7. The monoisotopic (exact) mass is 423 g/mol. The molecule has 0 unspecified atom stereocenters. The largest absolute Gasteiger partial charge is 0.381 e. The molecule has 2 heterocycles. The first-order chi connectivity index (χ1) is 13.9. The third kappa shape index (κ3) is 6.01. The Bertz CT molecular complexity index is 812. The second-order valence-electron chi connectivity index (χ2n) is 8.07. The van der Waals surface area contributed by atoms with E-state index in [1.54, 1.807) is 12.1 Å². The molecule has 7 nitrogen and oxygen atoms in total. The molecule has 2 aliphatic heterocycles. The van der Waals surface area contributed by atoms with E-state index in [4.69, 9.17) is 4.74 Å². The maximum atomic E-state index is 12.8. The minimum absolute atomic E-state index is 0.0833. The lowest BCUT2D eigenvalue weighted by molar-refractivity contribution is -0.133. The molecule has 3 rings (SSSR count). The number of carbonyl (C=O) groups is 1. The summed E-state index contributed by atoms with van der Waals surface area (Å²) in [5.74, 6) is 0.442. The fourth-order valence-electron chi connectivity index (χ4n) is 4.12. The third-order valence-corrected chi connectivity index (χ3v) is 7.22. The zero-order chi connectivity index (χ0) is 20.9. The van der Waals surface area contributed by atoms with Crippen molar-refractivity contribution in [3.63, 3.8) is 0 Å². The van der Waals surface area contributed by atoms with Crippen molar-refractivity contribution in [1.82, 2.24) is 14.5 Å². The van der Waals surface area contributed by atoms with E-state index in [1.165, 1.54) is 0 Å². The number of nitrogens with zero attached hydrogens (tertiary/aromatic N) is 2. The average Bonchev–Trinajstić information content (AvgIpc) is 2.71. The average molecular weight is 424 g/mol. The number of hydrogen-bond donors (Lipinski definition) is 1. The van der Waals surface area contributed by atoms with Crippen molar-refractivity contribution in [2.75, 3.05) is 46.4 Å². The minimum Gasteiger partial charge on any atom is -0.381 e. The topological polar surface area (TPSA) is 78.9 Å². The molecule has 1 saturated heterocycles. The van der Waals surface area contributed by atoms with Crippen LogP contribution in [0.15, 0.2) is 23.1 Å². The molecule has 29 heavy (non-hydrogen) atoms. The molecule has 8 heteroatoms. The Balaban J connectivity index is 1.59. The summed E-state index contributed by atoms with van der Waals surface area (Å²) in [7, 11) is -1.44. The van der Waals surface area contributed by atoms with Gasteiger partial charge in [-0.2, -0.15) is 0 Å². The van der Waals surface area contributed by atoms with Gasteiger partial charge in [-0.15, -0.1) is 0 Å². The standard InChI is InChI=1S/C21H33N3O4S/c1-3-28-12-9-21(25)24-11-8-18-13-20(7-6-19(18)16-24)29(26,27)22-14-17-5-4-10-23(2)15-17/h6-7,13,17,22H,3-5,8-12,14-16H2,1-2H3/t17-/m0/s1. The van der Waals surface area contributed by atoms with Crippen LogP contribution in [0.4, 0.5) is 0 Å². The van der Waals surface area contributed by atoms with Gasteiger partial charge >= 0.3 is 0 Å². The number of amides is 1. The van der Waals surface area contributed by atoms with Crippen LogP contribution in [0.25, 0.3) is 0 Å². The van der Waals surface area contributed by atoms with E-state index in [0.717, 1.165) is 37.1 Å². The van der Waals surface area contributed by atoms with Gasteiger partial charge in [-0.1, -0.05) is 6.07 Å². The van der Waals surface area contributed by atoms with Gasteiger partial charge in [0.05, 0.1) is 17.9 Å². The number of piperidine rings is 1. The summed E-state index contributed by atoms with van der Waals surface area (Å²) in [5, 5.41) is 0. The summed E-state index contributed by atoms with van der Waals surface area (Å²) < 4.78 is 33.6. The van der Waals surface area contributed by atoms with Crippen molar-refractivity contribution in [3.8, 4) is 0 Å². The molecule has 1 N–H and O–H groups in total. The summed E-state index contributed by atoms with van der Waals surface area (Å²) in [6.07, 6.45) is 3.23. The van der Waals surface area contributed by atoms with Gasteiger partial charge in [0.2, 0.25) is 15.9 Å². The number of sulfonamides is 1. The molecule has 1 fully saturated rings. The predicted molar refractivity (Wildman–Crippen MR) is 112 cm³/mol. The highest BCUT2D eigenvalue weighted by Gasteiger charge is 2.24. The van der Waals surface area contributed by atoms with Crippen LogP contribution in [-0.2, 0) is 32.5 Å². The molecule has 1 atom stereocenters. The highest BCUT2D eigenvalue weighted by molar-refractivity contribution is 7.89. The minimum atomic E-state index is -3.52. The molecule has 0 aromatic heterocycles. The summed E-state index contributed by atoms with van der Waals surface area (Å²) in [5.41, 5.74) is 2.04. The SMILES string of the molecule is CCOCCC(=O)N1CCc2cc(S(=O)(=O)NC[C@@H]3CCCN(C)C3)ccc2C1. The lowest BCUT2D eigenvalue weighted by atomic mass is 9.99. The van der Waals surface area contributed by atoms with Crippen LogP contribution in [0.5, 0.6) is 0 Å². The van der Waals surface area contributed by atoms with Crippen molar-refractivity contribution >= 4 is 15.9 Å². The van der Waals surface area contributed by atoms with Crippen LogP contribution in [0.1, 0.15) is 37.3 Å². The van der Waals surface area contributed by atoms with Crippen LogP contribution in [0, 0.1) is 5.92 Å². The molecule has 0 aliphatic carbocycles. The molecule has 0 bridgehead atoms. The second kappa shape index (κ2) is 10.0. The van der Waals surface area contributed by atoms with E-state index in [-0.39, 0.29) is 5.91 Å². The number of hydrogen-bond acceptors (Lipinski definition) is 5. The van der Waals surface area contributed by atoms with Gasteiger partial charge in [0.25, 0.3) is 0 Å². The summed E-state index contributed by atoms with van der Waals surface area (Å²) in [6.45, 7) is 6.60. The number of fused-ring (bicyclic) bond motifs is 1. The van der Waals surface area contributed by atoms with E-state index in [9.17, 15) is 13.2 Å². The van der Waals surface area contributed by atoms with Crippen molar-refractivity contribution in [1.29, 1.82) is 0 Å². The van der Waals surface area contributed by atoms with Crippen molar-refractivity contribution in [2.45, 2.75) is 44.0 Å². The van der Waals surface area contributed by atoms with Crippen molar-refractivity contribution < 1.29 is 17.9 Å². The predicted octanol–water partition coefficient (Wildman–Crippen LogP) is 1.62. The Morgan fingerprint density at radius 3 is 2.86 bits per heavy atom. The van der Waals surface area contributed by atoms with Gasteiger partial charge in [0, 0.05) is 32.8 Å². The Labute approximate surface area is 174 Å². The first-order valence-corrected chi connectivity index (χ1v) is 12.0. The molecule has 1 aromatic rings. The van der Waals surface area contributed by atoms with Crippen LogP contribution >= 0.6 is 0 Å². The fourth-order valence-corrected chi connectivity index (χ4v) is 5.29. The number of nitrogens with one attached hydrogen (secondary N) is 1. The fraction of sp³-hybridized carbons (Fsp3) is 0.667. The summed E-state index contributed by atoms with van der Waals surface area (Å²) >= 11 is 0. The van der Waals surface area contributed by atoms with Gasteiger partial charge in [-0.05, 0) is 69.0 Å². The molecule has 1 amide bonds. The van der Waals surface area contributed by atoms with E-state index in [0.29, 0.717) is 56.5 Å². The lowest BCUT2D eigenvalue weighted by Crippen LogP contribution is -2.39. The number of rotatable bonds is 8. The smallest absolute Gasteiger partial charge is 0.240 e. The number of benzene rings is 1. The third-order valence-electron chi connectivity index (χ3n) is 5.80.